The molecule has 0 aromatic carbocycles. The molecule has 74 valence electrons. The van der Waals surface area contributed by atoms with Gasteiger partial charge in [0.25, 0.3) is 0 Å². The molecule has 1 aromatic heterocycles. The predicted octanol–water partition coefficient (Wildman–Crippen LogP) is 1.30. The molecule has 1 atom stereocenters. The monoisotopic (exact) mass is 190 g/mol. The Bertz CT molecular complexity index is 336. The molecule has 0 saturated heterocycles. The van der Waals surface area contributed by atoms with E-state index in [1.807, 2.05) is 19.1 Å². The fraction of sp³-hybridized carbons (Fsp3) is 0.364. The molecule has 2 rings (SSSR count). The minimum atomic E-state index is 0.342. The van der Waals surface area contributed by atoms with Gasteiger partial charge in [0.05, 0.1) is 11.7 Å². The standard InChI is InChI=1S/C11H14N2O/c1-9-11(5-3-6-12-9)14-8-10-4-2-7-13-10/h2-6,10,13H,7-8H2,1H3/t10-/m0/s1. The van der Waals surface area contributed by atoms with Crippen LogP contribution in [0.2, 0.25) is 0 Å². The molecule has 0 radical (unpaired) electrons. The van der Waals surface area contributed by atoms with E-state index in [0.717, 1.165) is 18.0 Å². The lowest BCUT2D eigenvalue weighted by molar-refractivity contribution is 0.290. The summed E-state index contributed by atoms with van der Waals surface area (Å²) in [6.45, 7) is 3.57. The highest BCUT2D eigenvalue weighted by Gasteiger charge is 2.09. The number of aromatic nitrogens is 1. The van der Waals surface area contributed by atoms with Crippen LogP contribution in [-0.4, -0.2) is 24.2 Å². The Labute approximate surface area is 83.8 Å². The fourth-order valence-electron chi connectivity index (χ4n) is 1.44. The summed E-state index contributed by atoms with van der Waals surface area (Å²) in [6.07, 6.45) is 6.02. The van der Waals surface area contributed by atoms with Crippen LogP contribution < -0.4 is 10.1 Å². The van der Waals surface area contributed by atoms with Gasteiger partial charge in [-0.15, -0.1) is 0 Å². The summed E-state index contributed by atoms with van der Waals surface area (Å²) in [5.41, 5.74) is 0.939. The molecule has 1 aliphatic heterocycles. The van der Waals surface area contributed by atoms with Gasteiger partial charge in [-0.3, -0.25) is 4.98 Å². The summed E-state index contributed by atoms with van der Waals surface area (Å²) >= 11 is 0. The fourth-order valence-corrected chi connectivity index (χ4v) is 1.44. The van der Waals surface area contributed by atoms with Gasteiger partial charge in [0.1, 0.15) is 12.4 Å². The van der Waals surface area contributed by atoms with Gasteiger partial charge in [-0.1, -0.05) is 12.2 Å². The molecule has 1 N–H and O–H groups in total. The van der Waals surface area contributed by atoms with E-state index in [9.17, 15) is 0 Å². The molecule has 0 unspecified atom stereocenters. The van der Waals surface area contributed by atoms with E-state index in [2.05, 4.69) is 22.5 Å². The Kier molecular flexibility index (Phi) is 2.79. The van der Waals surface area contributed by atoms with Crippen molar-refractivity contribution < 1.29 is 4.74 Å². The first-order chi connectivity index (χ1) is 6.86. The minimum absolute atomic E-state index is 0.342. The van der Waals surface area contributed by atoms with Crippen molar-refractivity contribution in [1.29, 1.82) is 0 Å². The number of ether oxygens (including phenoxy) is 1. The second-order valence-corrected chi connectivity index (χ2v) is 3.34. The highest BCUT2D eigenvalue weighted by atomic mass is 16.5. The molecule has 2 heterocycles. The lowest BCUT2D eigenvalue weighted by Crippen LogP contribution is -2.28. The van der Waals surface area contributed by atoms with E-state index >= 15 is 0 Å². The lowest BCUT2D eigenvalue weighted by atomic mass is 10.3. The topological polar surface area (TPSA) is 34.1 Å². The van der Waals surface area contributed by atoms with Gasteiger partial charge in [0.15, 0.2) is 0 Å². The van der Waals surface area contributed by atoms with E-state index < -0.39 is 0 Å². The molecule has 0 saturated carbocycles. The molecule has 3 nitrogen and oxygen atoms in total. The summed E-state index contributed by atoms with van der Waals surface area (Å²) in [4.78, 5) is 4.16. The second-order valence-electron chi connectivity index (χ2n) is 3.34. The Balaban J connectivity index is 1.91. The Morgan fingerprint density at radius 3 is 3.29 bits per heavy atom. The highest BCUT2D eigenvalue weighted by Crippen LogP contribution is 2.14. The van der Waals surface area contributed by atoms with E-state index in [-0.39, 0.29) is 0 Å². The van der Waals surface area contributed by atoms with Crippen LogP contribution in [0.4, 0.5) is 0 Å². The molecule has 0 spiro atoms. The van der Waals surface area contributed by atoms with E-state index in [4.69, 9.17) is 4.74 Å². The highest BCUT2D eigenvalue weighted by molar-refractivity contribution is 5.25. The van der Waals surface area contributed by atoms with Gasteiger partial charge in [-0.05, 0) is 19.1 Å². The molecule has 3 heteroatoms. The zero-order valence-corrected chi connectivity index (χ0v) is 8.23. The average molecular weight is 190 g/mol. The predicted molar refractivity (Wildman–Crippen MR) is 55.4 cm³/mol. The first-order valence-electron chi connectivity index (χ1n) is 4.81. The van der Waals surface area contributed by atoms with Gasteiger partial charge in [-0.2, -0.15) is 0 Å². The minimum Gasteiger partial charge on any atom is -0.490 e. The molecule has 0 aliphatic carbocycles. The Morgan fingerprint density at radius 2 is 2.57 bits per heavy atom. The molecular weight excluding hydrogens is 176 g/mol. The maximum absolute atomic E-state index is 5.64. The van der Waals surface area contributed by atoms with Crippen LogP contribution in [0.15, 0.2) is 30.5 Å². The number of rotatable bonds is 3. The summed E-state index contributed by atoms with van der Waals surface area (Å²) in [5, 5.41) is 3.29. The molecule has 0 fully saturated rings. The molecule has 0 bridgehead atoms. The molecule has 1 aromatic rings. The quantitative estimate of drug-likeness (QED) is 0.729. The normalized spacial score (nSPS) is 19.9. The summed E-state index contributed by atoms with van der Waals surface area (Å²) in [7, 11) is 0. The van der Waals surface area contributed by atoms with Crippen molar-refractivity contribution in [3.63, 3.8) is 0 Å². The average Bonchev–Trinajstić information content (AvgIpc) is 2.69. The molecule has 14 heavy (non-hydrogen) atoms. The second kappa shape index (κ2) is 4.24. The number of nitrogens with zero attached hydrogens (tertiary/aromatic N) is 1. The van der Waals surface area contributed by atoms with E-state index in [0.29, 0.717) is 12.6 Å². The largest absolute Gasteiger partial charge is 0.490 e. The summed E-state index contributed by atoms with van der Waals surface area (Å²) in [6, 6.07) is 4.18. The van der Waals surface area contributed by atoms with Crippen LogP contribution in [0.1, 0.15) is 5.69 Å². The smallest absolute Gasteiger partial charge is 0.140 e. The third kappa shape index (κ3) is 2.12. The first-order valence-corrected chi connectivity index (χ1v) is 4.81. The number of aryl methyl sites for hydroxylation is 1. The van der Waals surface area contributed by atoms with Gasteiger partial charge in [-0.25, -0.2) is 0 Å². The van der Waals surface area contributed by atoms with E-state index in [1.54, 1.807) is 6.20 Å². The van der Waals surface area contributed by atoms with Crippen LogP contribution in [0, 0.1) is 6.92 Å². The van der Waals surface area contributed by atoms with Crippen molar-refractivity contribution in [2.45, 2.75) is 13.0 Å². The SMILES string of the molecule is Cc1ncccc1OC[C@@H]1C=CCN1. The maximum atomic E-state index is 5.64. The molecule has 0 amide bonds. The van der Waals surface area contributed by atoms with Crippen molar-refractivity contribution in [2.24, 2.45) is 0 Å². The van der Waals surface area contributed by atoms with Crippen LogP contribution >= 0.6 is 0 Å². The zero-order chi connectivity index (χ0) is 9.80. The van der Waals surface area contributed by atoms with Crippen LogP contribution in [-0.2, 0) is 0 Å². The number of hydrogen-bond acceptors (Lipinski definition) is 3. The Hall–Kier alpha value is -1.35. The number of nitrogens with one attached hydrogen (secondary N) is 1. The lowest BCUT2D eigenvalue weighted by Gasteiger charge is -2.12. The van der Waals surface area contributed by atoms with Crippen molar-refractivity contribution in [2.75, 3.05) is 13.2 Å². The van der Waals surface area contributed by atoms with Crippen LogP contribution in [0.3, 0.4) is 0 Å². The van der Waals surface area contributed by atoms with Gasteiger partial charge < -0.3 is 10.1 Å². The van der Waals surface area contributed by atoms with Crippen molar-refractivity contribution in [3.05, 3.63) is 36.2 Å². The third-order valence-corrected chi connectivity index (χ3v) is 2.24. The summed E-state index contributed by atoms with van der Waals surface area (Å²) < 4.78 is 5.64. The third-order valence-electron chi connectivity index (χ3n) is 2.24. The maximum Gasteiger partial charge on any atom is 0.140 e. The van der Waals surface area contributed by atoms with E-state index in [1.165, 1.54) is 0 Å². The van der Waals surface area contributed by atoms with Gasteiger partial charge in [0.2, 0.25) is 0 Å². The summed E-state index contributed by atoms with van der Waals surface area (Å²) in [5.74, 6) is 0.870. The van der Waals surface area contributed by atoms with Gasteiger partial charge >= 0.3 is 0 Å². The van der Waals surface area contributed by atoms with Crippen LogP contribution in [0.5, 0.6) is 5.75 Å². The van der Waals surface area contributed by atoms with Crippen molar-refractivity contribution in [3.8, 4) is 5.75 Å². The Morgan fingerprint density at radius 1 is 1.64 bits per heavy atom. The number of pyridine rings is 1. The molecule has 1 aliphatic rings. The number of hydrogen-bond donors (Lipinski definition) is 1. The van der Waals surface area contributed by atoms with Crippen molar-refractivity contribution >= 4 is 0 Å². The van der Waals surface area contributed by atoms with Gasteiger partial charge in [0, 0.05) is 12.7 Å². The van der Waals surface area contributed by atoms with Crippen molar-refractivity contribution in [1.82, 2.24) is 10.3 Å². The first kappa shape index (κ1) is 9.21. The zero-order valence-electron chi connectivity index (χ0n) is 8.23. The molecular formula is C11H14N2O. The van der Waals surface area contributed by atoms with Crippen LogP contribution in [0.25, 0.3) is 0 Å².